The maximum atomic E-state index is 11.8. The molecule has 1 aromatic heterocycles. The Morgan fingerprint density at radius 1 is 1.43 bits per heavy atom. The van der Waals surface area contributed by atoms with Crippen LogP contribution < -0.4 is 0 Å². The normalized spacial score (nSPS) is 12.0. The van der Waals surface area contributed by atoms with E-state index in [9.17, 15) is 13.2 Å². The summed E-state index contributed by atoms with van der Waals surface area (Å²) in [7, 11) is 0. The lowest BCUT2D eigenvalue weighted by Crippen LogP contribution is -2.08. The quantitative estimate of drug-likeness (QED) is 0.722. The van der Waals surface area contributed by atoms with Crippen molar-refractivity contribution < 1.29 is 13.2 Å². The molecule has 6 heteroatoms. The Bertz CT molecular complexity index is 282. The van der Waals surface area contributed by atoms with E-state index in [2.05, 4.69) is 4.98 Å². The summed E-state index contributed by atoms with van der Waals surface area (Å²) in [5, 5.41) is 0. The number of rotatable bonds is 4. The van der Waals surface area contributed by atoms with E-state index >= 15 is 0 Å². The first kappa shape index (κ1) is 11.4. The molecule has 1 aromatic rings. The average molecular weight is 227 g/mol. The number of halogens is 4. The Morgan fingerprint density at radius 3 is 2.64 bits per heavy atom. The van der Waals surface area contributed by atoms with E-state index in [0.717, 1.165) is 0 Å². The minimum absolute atomic E-state index is 0.0710. The van der Waals surface area contributed by atoms with Crippen LogP contribution in [0, 0.1) is 0 Å². The first-order valence-electron chi connectivity index (χ1n) is 4.14. The van der Waals surface area contributed by atoms with Crippen LogP contribution >= 0.6 is 11.6 Å². The molecule has 80 valence electrons. The van der Waals surface area contributed by atoms with E-state index in [1.165, 1.54) is 6.33 Å². The molecule has 2 nitrogen and oxygen atoms in total. The van der Waals surface area contributed by atoms with E-state index in [4.69, 9.17) is 11.6 Å². The Labute approximate surface area is 84.7 Å². The number of aromatic nitrogens is 2. The molecule has 0 saturated heterocycles. The second-order valence-corrected chi connectivity index (χ2v) is 3.22. The molecular formula is C8H10ClF3N2. The van der Waals surface area contributed by atoms with Crippen LogP contribution in [0.25, 0.3) is 0 Å². The molecule has 0 fully saturated rings. The topological polar surface area (TPSA) is 17.8 Å². The second kappa shape index (κ2) is 4.68. The van der Waals surface area contributed by atoms with Gasteiger partial charge < -0.3 is 4.57 Å². The zero-order chi connectivity index (χ0) is 10.6. The van der Waals surface area contributed by atoms with Gasteiger partial charge in [0.15, 0.2) is 0 Å². The molecule has 0 spiro atoms. The number of nitrogens with zero attached hydrogens (tertiary/aromatic N) is 2. The summed E-state index contributed by atoms with van der Waals surface area (Å²) in [5.74, 6) is 0.284. The van der Waals surface area contributed by atoms with Crippen molar-refractivity contribution in [3.8, 4) is 0 Å². The lowest BCUT2D eigenvalue weighted by molar-refractivity contribution is -0.135. The van der Waals surface area contributed by atoms with Gasteiger partial charge in [0.25, 0.3) is 0 Å². The third kappa shape index (κ3) is 4.00. The van der Waals surface area contributed by atoms with Gasteiger partial charge in [0.1, 0.15) is 0 Å². The van der Waals surface area contributed by atoms with Gasteiger partial charge in [0, 0.05) is 19.2 Å². The lowest BCUT2D eigenvalue weighted by Gasteiger charge is -2.05. The molecule has 0 bridgehead atoms. The number of alkyl halides is 4. The summed E-state index contributed by atoms with van der Waals surface area (Å²) in [6, 6.07) is 0. The molecule has 1 rings (SSSR count). The maximum Gasteiger partial charge on any atom is 0.389 e. The third-order valence-electron chi connectivity index (χ3n) is 1.70. The zero-order valence-electron chi connectivity index (χ0n) is 7.39. The molecule has 0 aliphatic carbocycles. The number of imidazole rings is 1. The molecule has 0 N–H and O–H groups in total. The van der Waals surface area contributed by atoms with Crippen LogP contribution in [0.2, 0.25) is 0 Å². The Morgan fingerprint density at radius 2 is 2.14 bits per heavy atom. The van der Waals surface area contributed by atoms with Crippen molar-refractivity contribution in [2.75, 3.05) is 0 Å². The van der Waals surface area contributed by atoms with Crippen LogP contribution in [0.5, 0.6) is 0 Å². The fourth-order valence-corrected chi connectivity index (χ4v) is 1.20. The summed E-state index contributed by atoms with van der Waals surface area (Å²) in [6.07, 6.45) is -1.61. The third-order valence-corrected chi connectivity index (χ3v) is 1.97. The van der Waals surface area contributed by atoms with Gasteiger partial charge in [-0.3, -0.25) is 0 Å². The minimum Gasteiger partial charge on any atom is -0.337 e. The van der Waals surface area contributed by atoms with Gasteiger partial charge in [-0.2, -0.15) is 13.2 Å². The van der Waals surface area contributed by atoms with Crippen molar-refractivity contribution in [1.82, 2.24) is 9.55 Å². The average Bonchev–Trinajstić information content (AvgIpc) is 2.50. The molecule has 0 amide bonds. The highest BCUT2D eigenvalue weighted by molar-refractivity contribution is 6.16. The molecule has 0 radical (unpaired) electrons. The van der Waals surface area contributed by atoms with Crippen molar-refractivity contribution in [1.29, 1.82) is 0 Å². The fraction of sp³-hybridized carbons (Fsp3) is 0.625. The summed E-state index contributed by atoms with van der Waals surface area (Å²) < 4.78 is 37.0. The van der Waals surface area contributed by atoms with Gasteiger partial charge in [-0.1, -0.05) is 0 Å². The van der Waals surface area contributed by atoms with Gasteiger partial charge in [-0.15, -0.1) is 11.6 Å². The van der Waals surface area contributed by atoms with Gasteiger partial charge in [0.2, 0.25) is 0 Å². The standard InChI is InChI=1S/C8H10ClF3N2/c9-4-7-5-14(6-13-7)3-1-2-8(10,11)12/h5-6H,1-4H2. The number of hydrogen-bond donors (Lipinski definition) is 0. The SMILES string of the molecule is FC(F)(F)CCCn1cnc(CCl)c1. The van der Waals surface area contributed by atoms with Gasteiger partial charge in [0.05, 0.1) is 17.9 Å². The second-order valence-electron chi connectivity index (χ2n) is 2.96. The Balaban J connectivity index is 2.31. The number of aryl methyl sites for hydroxylation is 1. The highest BCUT2D eigenvalue weighted by atomic mass is 35.5. The zero-order valence-corrected chi connectivity index (χ0v) is 8.15. The molecule has 0 aliphatic heterocycles. The summed E-state index contributed by atoms with van der Waals surface area (Å²) in [6.45, 7) is 0.323. The minimum atomic E-state index is -4.07. The van der Waals surface area contributed by atoms with Crippen molar-refractivity contribution in [2.45, 2.75) is 31.4 Å². The van der Waals surface area contributed by atoms with Crippen molar-refractivity contribution in [2.24, 2.45) is 0 Å². The molecule has 0 aliphatic rings. The number of hydrogen-bond acceptors (Lipinski definition) is 1. The van der Waals surface area contributed by atoms with E-state index in [1.54, 1.807) is 10.8 Å². The summed E-state index contributed by atoms with van der Waals surface area (Å²) >= 11 is 5.49. The predicted octanol–water partition coefficient (Wildman–Crippen LogP) is 2.96. The fourth-order valence-electron chi connectivity index (χ4n) is 1.06. The first-order chi connectivity index (χ1) is 6.51. The molecule has 0 aromatic carbocycles. The lowest BCUT2D eigenvalue weighted by atomic mass is 10.3. The van der Waals surface area contributed by atoms with Gasteiger partial charge in [-0.25, -0.2) is 4.98 Å². The molecule has 1 heterocycles. The van der Waals surface area contributed by atoms with E-state index in [1.807, 2.05) is 0 Å². The first-order valence-corrected chi connectivity index (χ1v) is 4.68. The predicted molar refractivity (Wildman–Crippen MR) is 47.1 cm³/mol. The highest BCUT2D eigenvalue weighted by Gasteiger charge is 2.25. The van der Waals surface area contributed by atoms with Gasteiger partial charge in [-0.05, 0) is 6.42 Å². The molecule has 0 atom stereocenters. The smallest absolute Gasteiger partial charge is 0.337 e. The molecular weight excluding hydrogens is 217 g/mol. The van der Waals surface area contributed by atoms with E-state index < -0.39 is 12.6 Å². The molecule has 0 saturated carbocycles. The largest absolute Gasteiger partial charge is 0.389 e. The van der Waals surface area contributed by atoms with E-state index in [-0.39, 0.29) is 12.3 Å². The van der Waals surface area contributed by atoms with Crippen molar-refractivity contribution >= 4 is 11.6 Å². The molecule has 14 heavy (non-hydrogen) atoms. The van der Waals surface area contributed by atoms with Crippen LogP contribution in [0.15, 0.2) is 12.5 Å². The Kier molecular flexibility index (Phi) is 3.80. The maximum absolute atomic E-state index is 11.8. The van der Waals surface area contributed by atoms with Crippen LogP contribution in [0.4, 0.5) is 13.2 Å². The van der Waals surface area contributed by atoms with Crippen LogP contribution in [0.1, 0.15) is 18.5 Å². The van der Waals surface area contributed by atoms with Crippen LogP contribution in [-0.2, 0) is 12.4 Å². The summed E-state index contributed by atoms with van der Waals surface area (Å²) in [5.41, 5.74) is 0.679. The van der Waals surface area contributed by atoms with Gasteiger partial charge >= 0.3 is 6.18 Å². The highest BCUT2D eigenvalue weighted by Crippen LogP contribution is 2.21. The van der Waals surface area contributed by atoms with Crippen molar-refractivity contribution in [3.63, 3.8) is 0 Å². The molecule has 0 unspecified atom stereocenters. The van der Waals surface area contributed by atoms with Crippen LogP contribution in [0.3, 0.4) is 0 Å². The monoisotopic (exact) mass is 226 g/mol. The summed E-state index contributed by atoms with van der Waals surface area (Å²) in [4.78, 5) is 3.90. The van der Waals surface area contributed by atoms with Crippen LogP contribution in [-0.4, -0.2) is 15.7 Å². The Hall–Kier alpha value is -0.710. The van der Waals surface area contributed by atoms with E-state index in [0.29, 0.717) is 12.2 Å². The van der Waals surface area contributed by atoms with Crippen molar-refractivity contribution in [3.05, 3.63) is 18.2 Å².